The van der Waals surface area contributed by atoms with Crippen molar-refractivity contribution in [2.45, 2.75) is 24.2 Å². The van der Waals surface area contributed by atoms with Crippen molar-refractivity contribution in [3.63, 3.8) is 0 Å². The summed E-state index contributed by atoms with van der Waals surface area (Å²) < 4.78 is 33.3. The first-order valence-corrected chi connectivity index (χ1v) is 13.5. The summed E-state index contributed by atoms with van der Waals surface area (Å²) in [6, 6.07) is 13.4. The Balaban J connectivity index is 1.17. The molecule has 2 fully saturated rings. The Morgan fingerprint density at radius 2 is 1.65 bits per heavy atom. The molecule has 0 saturated carbocycles. The molecule has 3 aliphatic rings. The van der Waals surface area contributed by atoms with E-state index in [0.717, 1.165) is 49.3 Å². The molecule has 0 unspecified atom stereocenters. The highest BCUT2D eigenvalue weighted by atomic mass is 32.2. The molecule has 0 spiro atoms. The normalized spacial score (nSPS) is 19.7. The number of piperazine rings is 1. The number of carbonyl (C=O) groups is 1. The lowest BCUT2D eigenvalue weighted by Crippen LogP contribution is -2.50. The van der Waals surface area contributed by atoms with Crippen molar-refractivity contribution >= 4 is 27.3 Å². The van der Waals surface area contributed by atoms with Gasteiger partial charge >= 0.3 is 0 Å². The third-order valence-corrected chi connectivity index (χ3v) is 8.83. The summed E-state index contributed by atoms with van der Waals surface area (Å²) in [4.78, 5) is 17.4. The molecule has 2 aromatic carbocycles. The molecule has 0 aromatic heterocycles. The van der Waals surface area contributed by atoms with E-state index in [-0.39, 0.29) is 12.5 Å². The first kappa shape index (κ1) is 23.3. The number of hydrogen-bond acceptors (Lipinski definition) is 6. The number of morpholine rings is 1. The van der Waals surface area contributed by atoms with Gasteiger partial charge in [-0.25, -0.2) is 8.42 Å². The number of fused-ring (bicyclic) bond motifs is 1. The van der Waals surface area contributed by atoms with Gasteiger partial charge in [0.1, 0.15) is 0 Å². The Kier molecular flexibility index (Phi) is 6.87. The van der Waals surface area contributed by atoms with Gasteiger partial charge in [-0.1, -0.05) is 18.2 Å². The Hall–Kier alpha value is -2.46. The predicted molar refractivity (Wildman–Crippen MR) is 132 cm³/mol. The van der Waals surface area contributed by atoms with Gasteiger partial charge in [0.2, 0.25) is 15.9 Å². The van der Waals surface area contributed by atoms with Crippen LogP contribution >= 0.6 is 0 Å². The fraction of sp³-hybridized carbons (Fsp3) is 0.480. The Bertz CT molecular complexity index is 1140. The first-order chi connectivity index (χ1) is 16.5. The standard InChI is InChI=1S/C25H32N4O4S/c30-25(26-23-6-1-2-7-24(23)28-14-16-33-17-15-28)19-27-10-12-29(13-11-27)34(31,32)22-9-8-20-4-3-5-21(20)18-22/h1-2,6-9,18H,3-5,10-17,19H2,(H,26,30). The average Bonchev–Trinajstić information content (AvgIpc) is 3.33. The summed E-state index contributed by atoms with van der Waals surface area (Å²) in [6.45, 7) is 5.03. The largest absolute Gasteiger partial charge is 0.378 e. The molecule has 1 amide bonds. The zero-order valence-corrected chi connectivity index (χ0v) is 20.2. The highest BCUT2D eigenvalue weighted by molar-refractivity contribution is 7.89. The summed E-state index contributed by atoms with van der Waals surface area (Å²) in [5, 5.41) is 3.05. The maximum Gasteiger partial charge on any atom is 0.243 e. The van der Waals surface area contributed by atoms with E-state index in [4.69, 9.17) is 4.74 Å². The van der Waals surface area contributed by atoms with E-state index < -0.39 is 10.0 Å². The topological polar surface area (TPSA) is 82.2 Å². The van der Waals surface area contributed by atoms with E-state index in [9.17, 15) is 13.2 Å². The molecule has 2 aromatic rings. The maximum absolute atomic E-state index is 13.2. The van der Waals surface area contributed by atoms with Crippen LogP contribution in [0.2, 0.25) is 0 Å². The molecular formula is C25H32N4O4S. The molecule has 0 bridgehead atoms. The minimum Gasteiger partial charge on any atom is -0.378 e. The first-order valence-electron chi connectivity index (χ1n) is 12.1. The number of aryl methyl sites for hydroxylation is 2. The van der Waals surface area contributed by atoms with Gasteiger partial charge in [0.15, 0.2) is 0 Å². The molecule has 1 aliphatic carbocycles. The zero-order chi connectivity index (χ0) is 23.5. The number of nitrogens with one attached hydrogen (secondary N) is 1. The third-order valence-electron chi connectivity index (χ3n) is 6.94. The lowest BCUT2D eigenvalue weighted by Gasteiger charge is -2.34. The van der Waals surface area contributed by atoms with Gasteiger partial charge in [0.05, 0.1) is 36.0 Å². The van der Waals surface area contributed by atoms with Crippen LogP contribution in [0.25, 0.3) is 0 Å². The van der Waals surface area contributed by atoms with Crippen LogP contribution in [-0.4, -0.2) is 82.6 Å². The minimum absolute atomic E-state index is 0.0874. The van der Waals surface area contributed by atoms with E-state index in [0.29, 0.717) is 44.3 Å². The maximum atomic E-state index is 13.2. The van der Waals surface area contributed by atoms with Crippen molar-refractivity contribution < 1.29 is 17.9 Å². The molecular weight excluding hydrogens is 452 g/mol. The van der Waals surface area contributed by atoms with E-state index in [1.54, 1.807) is 10.4 Å². The van der Waals surface area contributed by atoms with Gasteiger partial charge < -0.3 is 15.0 Å². The van der Waals surface area contributed by atoms with Crippen LogP contribution in [-0.2, 0) is 32.4 Å². The third kappa shape index (κ3) is 4.98. The number of benzene rings is 2. The Morgan fingerprint density at radius 3 is 2.44 bits per heavy atom. The van der Waals surface area contributed by atoms with E-state index in [2.05, 4.69) is 10.2 Å². The molecule has 2 heterocycles. The van der Waals surface area contributed by atoms with E-state index >= 15 is 0 Å². The number of amides is 1. The van der Waals surface area contributed by atoms with Crippen molar-refractivity contribution in [1.29, 1.82) is 0 Å². The quantitative estimate of drug-likeness (QED) is 0.675. The number of hydrogen-bond donors (Lipinski definition) is 1. The second kappa shape index (κ2) is 10.0. The zero-order valence-electron chi connectivity index (χ0n) is 19.4. The summed E-state index contributed by atoms with van der Waals surface area (Å²) in [6.07, 6.45) is 3.08. The monoisotopic (exact) mass is 484 g/mol. The van der Waals surface area contributed by atoms with Crippen LogP contribution in [0.1, 0.15) is 17.5 Å². The van der Waals surface area contributed by atoms with Crippen molar-refractivity contribution in [3.8, 4) is 0 Å². The van der Waals surface area contributed by atoms with Crippen molar-refractivity contribution in [3.05, 3.63) is 53.6 Å². The molecule has 182 valence electrons. The number of anilines is 2. The fourth-order valence-corrected chi connectivity index (χ4v) is 6.51. The lowest BCUT2D eigenvalue weighted by atomic mass is 10.1. The van der Waals surface area contributed by atoms with Gasteiger partial charge in [-0.05, 0) is 54.7 Å². The van der Waals surface area contributed by atoms with Crippen LogP contribution < -0.4 is 10.2 Å². The molecule has 2 aliphatic heterocycles. The lowest BCUT2D eigenvalue weighted by molar-refractivity contribution is -0.117. The van der Waals surface area contributed by atoms with Gasteiger partial charge in [0, 0.05) is 39.3 Å². The van der Waals surface area contributed by atoms with Crippen LogP contribution in [0.4, 0.5) is 11.4 Å². The molecule has 2 saturated heterocycles. The molecule has 0 radical (unpaired) electrons. The van der Waals surface area contributed by atoms with Crippen molar-refractivity contribution in [2.75, 3.05) is 69.2 Å². The second-order valence-electron chi connectivity index (χ2n) is 9.13. The van der Waals surface area contributed by atoms with Crippen LogP contribution in [0.5, 0.6) is 0 Å². The van der Waals surface area contributed by atoms with Crippen LogP contribution in [0.3, 0.4) is 0 Å². The minimum atomic E-state index is -3.51. The van der Waals surface area contributed by atoms with Crippen LogP contribution in [0.15, 0.2) is 47.4 Å². The fourth-order valence-electron chi connectivity index (χ4n) is 5.04. The molecule has 9 heteroatoms. The molecule has 34 heavy (non-hydrogen) atoms. The molecule has 0 atom stereocenters. The SMILES string of the molecule is O=C(CN1CCN(S(=O)(=O)c2ccc3c(c2)CCC3)CC1)Nc1ccccc1N1CCOCC1. The number of para-hydroxylation sites is 2. The van der Waals surface area contributed by atoms with E-state index in [1.165, 1.54) is 5.56 Å². The van der Waals surface area contributed by atoms with E-state index in [1.807, 2.05) is 41.3 Å². The average molecular weight is 485 g/mol. The molecule has 8 nitrogen and oxygen atoms in total. The van der Waals surface area contributed by atoms with Gasteiger partial charge in [-0.3, -0.25) is 9.69 Å². The summed E-state index contributed by atoms with van der Waals surface area (Å²) in [5.41, 5.74) is 4.23. The molecule has 5 rings (SSSR count). The number of nitrogens with zero attached hydrogens (tertiary/aromatic N) is 3. The summed E-state index contributed by atoms with van der Waals surface area (Å²) in [7, 11) is -3.51. The highest BCUT2D eigenvalue weighted by Gasteiger charge is 2.30. The number of carbonyl (C=O) groups excluding carboxylic acids is 1. The number of rotatable bonds is 6. The smallest absolute Gasteiger partial charge is 0.243 e. The number of ether oxygens (including phenoxy) is 1. The summed E-state index contributed by atoms with van der Waals surface area (Å²) in [5.74, 6) is -0.0874. The molecule has 1 N–H and O–H groups in total. The van der Waals surface area contributed by atoms with Crippen molar-refractivity contribution in [1.82, 2.24) is 9.21 Å². The Morgan fingerprint density at radius 1 is 0.912 bits per heavy atom. The Labute approximate surface area is 201 Å². The van der Waals surface area contributed by atoms with Gasteiger partial charge in [0.25, 0.3) is 0 Å². The highest BCUT2D eigenvalue weighted by Crippen LogP contribution is 2.28. The summed E-state index contributed by atoms with van der Waals surface area (Å²) >= 11 is 0. The predicted octanol–water partition coefficient (Wildman–Crippen LogP) is 1.96. The van der Waals surface area contributed by atoms with Crippen molar-refractivity contribution in [2.24, 2.45) is 0 Å². The van der Waals surface area contributed by atoms with Crippen LogP contribution in [0, 0.1) is 0 Å². The number of sulfonamides is 1. The second-order valence-corrected chi connectivity index (χ2v) is 11.1. The van der Waals surface area contributed by atoms with Gasteiger partial charge in [-0.2, -0.15) is 4.31 Å². The van der Waals surface area contributed by atoms with Gasteiger partial charge in [-0.15, -0.1) is 0 Å².